The molecule has 1 unspecified atom stereocenters. The van der Waals surface area contributed by atoms with Crippen LogP contribution in [-0.4, -0.2) is 28.2 Å². The Balaban J connectivity index is 1.84. The van der Waals surface area contributed by atoms with Gasteiger partial charge in [-0.3, -0.25) is 13.8 Å². The van der Waals surface area contributed by atoms with Crippen LogP contribution in [0.15, 0.2) is 59.5 Å². The van der Waals surface area contributed by atoms with Gasteiger partial charge in [-0.1, -0.05) is 29.8 Å². The molecule has 1 amide bonds. The van der Waals surface area contributed by atoms with Gasteiger partial charge in [-0.2, -0.15) is 0 Å². The van der Waals surface area contributed by atoms with E-state index in [0.29, 0.717) is 9.92 Å². The molecule has 0 bridgehead atoms. The second kappa shape index (κ2) is 7.87. The minimum atomic E-state index is -1.20. The fourth-order valence-corrected chi connectivity index (χ4v) is 2.87. The zero-order valence-electron chi connectivity index (χ0n) is 11.6. The van der Waals surface area contributed by atoms with Crippen LogP contribution in [0.1, 0.15) is 10.4 Å². The average molecular weight is 336 g/mol. The van der Waals surface area contributed by atoms with E-state index < -0.39 is 22.5 Å². The fourth-order valence-electron chi connectivity index (χ4n) is 1.76. The largest absolute Gasteiger partial charge is 0.348 e. The molecule has 4 nitrogen and oxygen atoms in total. The lowest BCUT2D eigenvalue weighted by Gasteiger charge is -2.05. The van der Waals surface area contributed by atoms with E-state index in [9.17, 15) is 13.8 Å². The third-order valence-electron chi connectivity index (χ3n) is 2.89. The molecule has 22 heavy (non-hydrogen) atoms. The highest BCUT2D eigenvalue weighted by atomic mass is 35.5. The molecule has 0 aliphatic heterocycles. The molecule has 2 aromatic carbocycles. The molecule has 0 saturated heterocycles. The molecule has 1 atom stereocenters. The molecule has 0 spiro atoms. The number of hydrogen-bond acceptors (Lipinski definition) is 3. The Kier molecular flexibility index (Phi) is 5.86. The van der Waals surface area contributed by atoms with Crippen molar-refractivity contribution in [3.05, 3.63) is 65.2 Å². The monoisotopic (exact) mass is 335 g/mol. The second-order valence-electron chi connectivity index (χ2n) is 4.45. The van der Waals surface area contributed by atoms with Crippen molar-refractivity contribution in [1.82, 2.24) is 5.32 Å². The summed E-state index contributed by atoms with van der Waals surface area (Å²) in [5.74, 6) is -1.10. The number of halogens is 1. The Morgan fingerprint density at radius 3 is 2.27 bits per heavy atom. The summed E-state index contributed by atoms with van der Waals surface area (Å²) in [6, 6.07) is 15.0. The lowest BCUT2D eigenvalue weighted by molar-refractivity contribution is -0.116. The van der Waals surface area contributed by atoms with E-state index in [1.807, 2.05) is 6.07 Å². The highest BCUT2D eigenvalue weighted by Gasteiger charge is 2.15. The van der Waals surface area contributed by atoms with Crippen molar-refractivity contribution in [2.24, 2.45) is 0 Å². The van der Waals surface area contributed by atoms with Crippen LogP contribution in [0.2, 0.25) is 5.02 Å². The molecule has 0 aliphatic rings. The van der Waals surface area contributed by atoms with E-state index in [1.165, 1.54) is 12.1 Å². The van der Waals surface area contributed by atoms with Crippen LogP contribution in [0.4, 0.5) is 0 Å². The Labute approximate surface area is 135 Å². The lowest BCUT2D eigenvalue weighted by Crippen LogP contribution is -2.33. The van der Waals surface area contributed by atoms with Gasteiger partial charge in [0, 0.05) is 27.8 Å². The minimum Gasteiger partial charge on any atom is -0.348 e. The summed E-state index contributed by atoms with van der Waals surface area (Å²) in [5, 5.41) is 2.98. The highest BCUT2D eigenvalue weighted by Crippen LogP contribution is 2.10. The van der Waals surface area contributed by atoms with Gasteiger partial charge in [0.25, 0.3) is 5.91 Å². The van der Waals surface area contributed by atoms with Gasteiger partial charge in [0.15, 0.2) is 0 Å². The van der Waals surface area contributed by atoms with Crippen LogP contribution in [0.25, 0.3) is 0 Å². The molecule has 0 radical (unpaired) electrons. The normalized spacial score (nSPS) is 11.7. The van der Waals surface area contributed by atoms with Crippen LogP contribution >= 0.6 is 11.6 Å². The first-order valence-electron chi connectivity index (χ1n) is 6.59. The van der Waals surface area contributed by atoms with E-state index in [2.05, 4.69) is 5.32 Å². The molecule has 1 N–H and O–H groups in total. The van der Waals surface area contributed by atoms with Gasteiger partial charge < -0.3 is 5.32 Å². The number of carbonyl (C=O) groups is 2. The zero-order valence-corrected chi connectivity index (χ0v) is 13.2. The minimum absolute atomic E-state index is 0.166. The Bertz CT molecular complexity index is 686. The molecule has 0 aromatic heterocycles. The van der Waals surface area contributed by atoms with E-state index >= 15 is 0 Å². The molecular formula is C16H14ClNO3S. The van der Waals surface area contributed by atoms with Crippen molar-refractivity contribution in [2.45, 2.75) is 4.90 Å². The first-order chi connectivity index (χ1) is 10.6. The maximum Gasteiger partial charge on any atom is 0.292 e. The predicted molar refractivity (Wildman–Crippen MR) is 86.5 cm³/mol. The summed E-state index contributed by atoms with van der Waals surface area (Å²) < 4.78 is 12.0. The van der Waals surface area contributed by atoms with Gasteiger partial charge in [0.1, 0.15) is 0 Å². The topological polar surface area (TPSA) is 63.2 Å². The quantitative estimate of drug-likeness (QED) is 0.651. The van der Waals surface area contributed by atoms with E-state index in [1.54, 1.807) is 36.4 Å². The highest BCUT2D eigenvalue weighted by molar-refractivity contribution is 7.85. The molecule has 0 aliphatic carbocycles. The van der Waals surface area contributed by atoms with E-state index in [0.717, 1.165) is 0 Å². The summed E-state index contributed by atoms with van der Waals surface area (Å²) in [7, 11) is -1.20. The summed E-state index contributed by atoms with van der Waals surface area (Å²) in [4.78, 5) is 24.3. The third kappa shape index (κ3) is 4.51. The van der Waals surface area contributed by atoms with Crippen molar-refractivity contribution in [1.29, 1.82) is 0 Å². The maximum absolute atomic E-state index is 12.0. The van der Waals surface area contributed by atoms with Gasteiger partial charge in [-0.15, -0.1) is 0 Å². The van der Waals surface area contributed by atoms with Crippen LogP contribution in [0.5, 0.6) is 0 Å². The number of hydrogen-bond donors (Lipinski definition) is 1. The summed E-state index contributed by atoms with van der Waals surface area (Å²) in [6.07, 6.45) is 0. The molecular weight excluding hydrogens is 322 g/mol. The molecule has 6 heteroatoms. The first kappa shape index (κ1) is 16.4. The van der Waals surface area contributed by atoms with Gasteiger partial charge in [-0.25, -0.2) is 0 Å². The Hall–Kier alpha value is -1.98. The van der Waals surface area contributed by atoms with Crippen LogP contribution in [0.3, 0.4) is 0 Å². The average Bonchev–Trinajstić information content (AvgIpc) is 2.55. The molecule has 114 valence electrons. The number of nitrogens with one attached hydrogen (secondary N) is 1. The lowest BCUT2D eigenvalue weighted by atomic mass is 10.1. The fraction of sp³-hybridized carbons (Fsp3) is 0.125. The maximum atomic E-state index is 12.0. The number of carbonyl (C=O) groups excluding carboxylic acids is 2. The smallest absolute Gasteiger partial charge is 0.292 e. The Morgan fingerprint density at radius 1 is 1.00 bits per heavy atom. The van der Waals surface area contributed by atoms with E-state index in [4.69, 9.17) is 11.6 Å². The number of benzene rings is 2. The first-order valence-corrected chi connectivity index (χ1v) is 8.29. The molecule has 0 fully saturated rings. The van der Waals surface area contributed by atoms with Gasteiger partial charge in [0.2, 0.25) is 5.78 Å². The summed E-state index contributed by atoms with van der Waals surface area (Å²) >= 11 is 5.73. The van der Waals surface area contributed by atoms with Crippen molar-refractivity contribution in [2.75, 3.05) is 12.3 Å². The van der Waals surface area contributed by atoms with Crippen LogP contribution < -0.4 is 5.32 Å². The predicted octanol–water partition coefficient (Wildman–Crippen LogP) is 2.45. The standard InChI is InChI=1S/C16H14ClNO3S/c17-13-8-6-12(7-9-13)15(19)16(20)18-10-11-22(21)14-4-2-1-3-5-14/h1-9H,10-11H2,(H,18,20). The van der Waals surface area contributed by atoms with Gasteiger partial charge in [-0.05, 0) is 36.4 Å². The van der Waals surface area contributed by atoms with E-state index in [-0.39, 0.29) is 17.9 Å². The van der Waals surface area contributed by atoms with Gasteiger partial charge >= 0.3 is 0 Å². The molecule has 0 heterocycles. The number of amides is 1. The third-order valence-corrected chi connectivity index (χ3v) is 4.52. The van der Waals surface area contributed by atoms with Crippen LogP contribution in [0, 0.1) is 0 Å². The number of ketones is 1. The van der Waals surface area contributed by atoms with Crippen molar-refractivity contribution in [3.63, 3.8) is 0 Å². The SMILES string of the molecule is O=C(NCCS(=O)c1ccccc1)C(=O)c1ccc(Cl)cc1. The summed E-state index contributed by atoms with van der Waals surface area (Å²) in [6.45, 7) is 0.166. The zero-order chi connectivity index (χ0) is 15.9. The number of rotatable bonds is 6. The molecule has 2 rings (SSSR count). The summed E-state index contributed by atoms with van der Waals surface area (Å²) in [5.41, 5.74) is 0.270. The second-order valence-corrected chi connectivity index (χ2v) is 6.46. The van der Waals surface area contributed by atoms with Crippen LogP contribution in [-0.2, 0) is 15.6 Å². The van der Waals surface area contributed by atoms with Gasteiger partial charge in [0.05, 0.1) is 10.8 Å². The van der Waals surface area contributed by atoms with Crippen molar-refractivity contribution in [3.8, 4) is 0 Å². The molecule has 2 aromatic rings. The van der Waals surface area contributed by atoms with Crippen molar-refractivity contribution >= 4 is 34.1 Å². The van der Waals surface area contributed by atoms with Crippen molar-refractivity contribution < 1.29 is 13.8 Å². The number of Topliss-reactive ketones (excluding diaryl/α,β-unsaturated/α-hetero) is 1. The Morgan fingerprint density at radius 2 is 1.64 bits per heavy atom. The molecule has 0 saturated carbocycles.